The van der Waals surface area contributed by atoms with E-state index in [2.05, 4.69) is 19.2 Å². The van der Waals surface area contributed by atoms with Gasteiger partial charge in [-0.3, -0.25) is 0 Å². The van der Waals surface area contributed by atoms with Crippen molar-refractivity contribution >= 4 is 0 Å². The molecule has 1 rings (SSSR count). The Labute approximate surface area is 110 Å². The van der Waals surface area contributed by atoms with Gasteiger partial charge >= 0.3 is 0 Å². The van der Waals surface area contributed by atoms with E-state index < -0.39 is 0 Å². The zero-order chi connectivity index (χ0) is 13.5. The molecule has 2 unspecified atom stereocenters. The third-order valence-corrected chi connectivity index (χ3v) is 3.11. The zero-order valence-electron chi connectivity index (χ0n) is 11.7. The lowest BCUT2D eigenvalue weighted by atomic mass is 9.93. The highest BCUT2D eigenvalue weighted by atomic mass is 19.1. The molecule has 0 aliphatic rings. The molecular formula is C15H24FNO. The number of benzene rings is 1. The number of hydrogen-bond donors (Lipinski definition) is 1. The third kappa shape index (κ3) is 5.15. The molecular weight excluding hydrogens is 229 g/mol. The van der Waals surface area contributed by atoms with Gasteiger partial charge in [0.2, 0.25) is 0 Å². The fourth-order valence-electron chi connectivity index (χ4n) is 1.97. The number of ether oxygens (including phenoxy) is 1. The molecule has 18 heavy (non-hydrogen) atoms. The van der Waals surface area contributed by atoms with Crippen LogP contribution in [0, 0.1) is 5.82 Å². The summed E-state index contributed by atoms with van der Waals surface area (Å²) >= 11 is 0. The Balaban J connectivity index is 2.75. The standard InChI is InChI=1S/C15H24FNO/c1-11(2)17-10-14(8-12(3)18-4)13-6-5-7-15(16)9-13/h5-7,9,11-12,14,17H,8,10H2,1-4H3. The summed E-state index contributed by atoms with van der Waals surface area (Å²) in [5.41, 5.74) is 1.03. The molecule has 2 nitrogen and oxygen atoms in total. The first kappa shape index (κ1) is 15.1. The highest BCUT2D eigenvalue weighted by Crippen LogP contribution is 2.22. The molecule has 0 fully saturated rings. The maximum Gasteiger partial charge on any atom is 0.123 e. The lowest BCUT2D eigenvalue weighted by Crippen LogP contribution is -2.29. The summed E-state index contributed by atoms with van der Waals surface area (Å²) in [6.07, 6.45) is 1.06. The van der Waals surface area contributed by atoms with Gasteiger partial charge in [-0.15, -0.1) is 0 Å². The predicted octanol–water partition coefficient (Wildman–Crippen LogP) is 3.33. The highest BCUT2D eigenvalue weighted by molar-refractivity contribution is 5.21. The van der Waals surface area contributed by atoms with Crippen molar-refractivity contribution in [3.63, 3.8) is 0 Å². The van der Waals surface area contributed by atoms with Crippen LogP contribution in [0.4, 0.5) is 4.39 Å². The molecule has 3 heteroatoms. The van der Waals surface area contributed by atoms with Crippen molar-refractivity contribution in [1.29, 1.82) is 0 Å². The van der Waals surface area contributed by atoms with E-state index in [1.807, 2.05) is 13.0 Å². The van der Waals surface area contributed by atoms with Crippen LogP contribution in [0.1, 0.15) is 38.7 Å². The summed E-state index contributed by atoms with van der Waals surface area (Å²) in [5.74, 6) is 0.102. The Morgan fingerprint density at radius 2 is 2.00 bits per heavy atom. The van der Waals surface area contributed by atoms with Crippen molar-refractivity contribution in [2.75, 3.05) is 13.7 Å². The molecule has 102 valence electrons. The SMILES string of the molecule is COC(C)CC(CNC(C)C)c1cccc(F)c1. The molecule has 0 bridgehead atoms. The van der Waals surface area contributed by atoms with Crippen LogP contribution in [0.15, 0.2) is 24.3 Å². The summed E-state index contributed by atoms with van der Waals surface area (Å²) in [7, 11) is 1.71. The fraction of sp³-hybridized carbons (Fsp3) is 0.600. The van der Waals surface area contributed by atoms with Crippen molar-refractivity contribution in [3.8, 4) is 0 Å². The minimum atomic E-state index is -0.174. The molecule has 0 saturated carbocycles. The van der Waals surface area contributed by atoms with Gasteiger partial charge in [-0.05, 0) is 37.0 Å². The zero-order valence-corrected chi connectivity index (χ0v) is 11.7. The summed E-state index contributed by atoms with van der Waals surface area (Å²) in [4.78, 5) is 0. The second kappa shape index (κ2) is 7.49. The van der Waals surface area contributed by atoms with Crippen molar-refractivity contribution in [2.45, 2.75) is 45.3 Å². The Morgan fingerprint density at radius 3 is 2.56 bits per heavy atom. The van der Waals surface area contributed by atoms with Crippen molar-refractivity contribution in [3.05, 3.63) is 35.6 Å². The van der Waals surface area contributed by atoms with Gasteiger partial charge in [0.05, 0.1) is 6.10 Å². The molecule has 1 aromatic carbocycles. The van der Waals surface area contributed by atoms with Crippen LogP contribution in [-0.2, 0) is 4.74 Å². The van der Waals surface area contributed by atoms with Crippen LogP contribution in [0.5, 0.6) is 0 Å². The highest BCUT2D eigenvalue weighted by Gasteiger charge is 2.16. The Kier molecular flexibility index (Phi) is 6.30. The number of methoxy groups -OCH3 is 1. The van der Waals surface area contributed by atoms with Crippen LogP contribution in [-0.4, -0.2) is 25.8 Å². The summed E-state index contributed by atoms with van der Waals surface area (Å²) in [5, 5.41) is 3.41. The maximum absolute atomic E-state index is 13.3. The van der Waals surface area contributed by atoms with Crippen LogP contribution < -0.4 is 5.32 Å². The molecule has 0 heterocycles. The number of hydrogen-bond acceptors (Lipinski definition) is 2. The average Bonchev–Trinajstić information content (AvgIpc) is 2.33. The van der Waals surface area contributed by atoms with Crippen LogP contribution in [0.2, 0.25) is 0 Å². The monoisotopic (exact) mass is 253 g/mol. The first-order valence-corrected chi connectivity index (χ1v) is 6.54. The van der Waals surface area contributed by atoms with E-state index in [0.29, 0.717) is 6.04 Å². The summed E-state index contributed by atoms with van der Waals surface area (Å²) in [6, 6.07) is 7.28. The molecule has 0 aliphatic carbocycles. The summed E-state index contributed by atoms with van der Waals surface area (Å²) in [6.45, 7) is 7.11. The molecule has 0 saturated heterocycles. The molecule has 1 aromatic rings. The lowest BCUT2D eigenvalue weighted by molar-refractivity contribution is 0.103. The van der Waals surface area contributed by atoms with E-state index in [1.165, 1.54) is 6.07 Å². The second-order valence-corrected chi connectivity index (χ2v) is 5.10. The van der Waals surface area contributed by atoms with Crippen LogP contribution >= 0.6 is 0 Å². The largest absolute Gasteiger partial charge is 0.382 e. The van der Waals surface area contributed by atoms with Gasteiger partial charge in [0.15, 0.2) is 0 Å². The molecule has 2 atom stereocenters. The van der Waals surface area contributed by atoms with Gasteiger partial charge in [0.25, 0.3) is 0 Å². The van der Waals surface area contributed by atoms with Crippen LogP contribution in [0.3, 0.4) is 0 Å². The molecule has 1 N–H and O–H groups in total. The van der Waals surface area contributed by atoms with E-state index in [0.717, 1.165) is 18.5 Å². The fourth-order valence-corrected chi connectivity index (χ4v) is 1.97. The number of rotatable bonds is 7. The Bertz CT molecular complexity index is 354. The summed E-state index contributed by atoms with van der Waals surface area (Å²) < 4.78 is 18.6. The quantitative estimate of drug-likeness (QED) is 0.804. The molecule has 0 amide bonds. The Hall–Kier alpha value is -0.930. The van der Waals surface area contributed by atoms with E-state index in [4.69, 9.17) is 4.74 Å². The minimum Gasteiger partial charge on any atom is -0.382 e. The average molecular weight is 253 g/mol. The van der Waals surface area contributed by atoms with Gasteiger partial charge in [-0.1, -0.05) is 26.0 Å². The topological polar surface area (TPSA) is 21.3 Å². The number of halogens is 1. The van der Waals surface area contributed by atoms with Crippen LogP contribution in [0.25, 0.3) is 0 Å². The van der Waals surface area contributed by atoms with Crippen molar-refractivity contribution in [2.24, 2.45) is 0 Å². The predicted molar refractivity (Wildman–Crippen MR) is 73.4 cm³/mol. The first-order chi connectivity index (χ1) is 8.52. The minimum absolute atomic E-state index is 0.173. The molecule has 0 radical (unpaired) electrons. The van der Waals surface area contributed by atoms with Gasteiger partial charge in [-0.2, -0.15) is 0 Å². The van der Waals surface area contributed by atoms with Crippen molar-refractivity contribution < 1.29 is 9.13 Å². The van der Waals surface area contributed by atoms with E-state index in [-0.39, 0.29) is 17.8 Å². The Morgan fingerprint density at radius 1 is 1.28 bits per heavy atom. The lowest BCUT2D eigenvalue weighted by Gasteiger charge is -2.22. The smallest absolute Gasteiger partial charge is 0.123 e. The maximum atomic E-state index is 13.3. The molecule has 0 aromatic heterocycles. The van der Waals surface area contributed by atoms with E-state index >= 15 is 0 Å². The van der Waals surface area contributed by atoms with Crippen molar-refractivity contribution in [1.82, 2.24) is 5.32 Å². The third-order valence-electron chi connectivity index (χ3n) is 3.11. The second-order valence-electron chi connectivity index (χ2n) is 5.10. The van der Waals surface area contributed by atoms with Gasteiger partial charge in [0, 0.05) is 19.7 Å². The first-order valence-electron chi connectivity index (χ1n) is 6.54. The van der Waals surface area contributed by atoms with Gasteiger partial charge in [-0.25, -0.2) is 4.39 Å². The van der Waals surface area contributed by atoms with Gasteiger partial charge < -0.3 is 10.1 Å². The van der Waals surface area contributed by atoms with E-state index in [9.17, 15) is 4.39 Å². The van der Waals surface area contributed by atoms with E-state index in [1.54, 1.807) is 19.2 Å². The molecule has 0 aliphatic heterocycles. The normalized spacial score (nSPS) is 14.8. The van der Waals surface area contributed by atoms with Gasteiger partial charge in [0.1, 0.15) is 5.82 Å². The number of nitrogens with one attached hydrogen (secondary N) is 1. The molecule has 0 spiro atoms.